The molecule has 2 heterocycles. The molecular formula is C10H14BrN3O2. The van der Waals surface area contributed by atoms with E-state index < -0.39 is 0 Å². The average molecular weight is 288 g/mol. The summed E-state index contributed by atoms with van der Waals surface area (Å²) in [6.07, 6.45) is 3.87. The Labute approximate surface area is 102 Å². The zero-order valence-corrected chi connectivity index (χ0v) is 10.7. The van der Waals surface area contributed by atoms with E-state index in [9.17, 15) is 4.79 Å². The minimum Gasteiger partial charge on any atom is -0.376 e. The maximum Gasteiger partial charge on any atom is 0.270 e. The second kappa shape index (κ2) is 4.97. The molecule has 6 heteroatoms. The lowest BCUT2D eigenvalue weighted by Crippen LogP contribution is -2.33. The molecule has 1 fully saturated rings. The molecule has 0 saturated carbocycles. The Bertz CT molecular complexity index is 366. The van der Waals surface area contributed by atoms with Gasteiger partial charge in [0.1, 0.15) is 5.69 Å². The first kappa shape index (κ1) is 11.6. The molecule has 1 aromatic rings. The van der Waals surface area contributed by atoms with Crippen molar-refractivity contribution >= 4 is 21.8 Å². The molecular weight excluding hydrogens is 274 g/mol. The SMILES string of the molecule is Cn1ncc(Br)c1C(=O)NCC1CCCO1. The fourth-order valence-corrected chi connectivity index (χ4v) is 2.29. The van der Waals surface area contributed by atoms with Gasteiger partial charge in [-0.3, -0.25) is 9.48 Å². The largest absolute Gasteiger partial charge is 0.376 e. The predicted molar refractivity (Wildman–Crippen MR) is 62.2 cm³/mol. The van der Waals surface area contributed by atoms with Crippen molar-refractivity contribution in [3.8, 4) is 0 Å². The molecule has 1 unspecified atom stereocenters. The van der Waals surface area contributed by atoms with Crippen LogP contribution in [0, 0.1) is 0 Å². The summed E-state index contributed by atoms with van der Waals surface area (Å²) >= 11 is 3.30. The van der Waals surface area contributed by atoms with Crippen molar-refractivity contribution in [1.82, 2.24) is 15.1 Å². The summed E-state index contributed by atoms with van der Waals surface area (Å²) < 4.78 is 7.69. The molecule has 0 spiro atoms. The normalized spacial score (nSPS) is 20.0. The molecule has 0 radical (unpaired) electrons. The van der Waals surface area contributed by atoms with E-state index in [-0.39, 0.29) is 12.0 Å². The monoisotopic (exact) mass is 287 g/mol. The van der Waals surface area contributed by atoms with E-state index in [4.69, 9.17) is 4.74 Å². The second-order valence-corrected chi connectivity index (χ2v) is 4.66. The minimum absolute atomic E-state index is 0.123. The number of hydrogen-bond donors (Lipinski definition) is 1. The summed E-state index contributed by atoms with van der Waals surface area (Å²) in [5, 5.41) is 6.85. The number of aryl methyl sites for hydroxylation is 1. The maximum atomic E-state index is 11.8. The van der Waals surface area contributed by atoms with Crippen molar-refractivity contribution in [1.29, 1.82) is 0 Å². The third kappa shape index (κ3) is 2.44. The van der Waals surface area contributed by atoms with Crippen LogP contribution in [0.2, 0.25) is 0 Å². The number of hydrogen-bond acceptors (Lipinski definition) is 3. The van der Waals surface area contributed by atoms with E-state index >= 15 is 0 Å². The van der Waals surface area contributed by atoms with Crippen LogP contribution in [0.3, 0.4) is 0 Å². The average Bonchev–Trinajstić information content (AvgIpc) is 2.86. The van der Waals surface area contributed by atoms with Gasteiger partial charge in [0.15, 0.2) is 0 Å². The van der Waals surface area contributed by atoms with Crippen LogP contribution in [0.4, 0.5) is 0 Å². The predicted octanol–water partition coefficient (Wildman–Crippen LogP) is 1.09. The third-order valence-corrected chi connectivity index (χ3v) is 3.20. The Balaban J connectivity index is 1.92. The lowest BCUT2D eigenvalue weighted by atomic mass is 10.2. The lowest BCUT2D eigenvalue weighted by Gasteiger charge is -2.10. The topological polar surface area (TPSA) is 56.2 Å². The molecule has 0 bridgehead atoms. The number of rotatable bonds is 3. The Kier molecular flexibility index (Phi) is 3.60. The minimum atomic E-state index is -0.123. The summed E-state index contributed by atoms with van der Waals surface area (Å²) in [5.74, 6) is -0.123. The second-order valence-electron chi connectivity index (χ2n) is 3.81. The molecule has 1 aliphatic rings. The molecule has 16 heavy (non-hydrogen) atoms. The fourth-order valence-electron chi connectivity index (χ4n) is 1.76. The van der Waals surface area contributed by atoms with Gasteiger partial charge < -0.3 is 10.1 Å². The highest BCUT2D eigenvalue weighted by Crippen LogP contribution is 2.15. The highest BCUT2D eigenvalue weighted by atomic mass is 79.9. The molecule has 1 aliphatic heterocycles. The smallest absolute Gasteiger partial charge is 0.270 e. The van der Waals surface area contributed by atoms with Gasteiger partial charge in [0.2, 0.25) is 0 Å². The molecule has 1 N–H and O–H groups in total. The first-order valence-electron chi connectivity index (χ1n) is 5.26. The summed E-state index contributed by atoms with van der Waals surface area (Å²) in [6, 6.07) is 0. The van der Waals surface area contributed by atoms with Crippen LogP contribution in [0.25, 0.3) is 0 Å². The van der Waals surface area contributed by atoms with Gasteiger partial charge in [-0.15, -0.1) is 0 Å². The summed E-state index contributed by atoms with van der Waals surface area (Å²) in [7, 11) is 1.74. The molecule has 88 valence electrons. The van der Waals surface area contributed by atoms with Gasteiger partial charge in [0.05, 0.1) is 16.8 Å². The molecule has 1 aromatic heterocycles. The number of carbonyl (C=O) groups excluding carboxylic acids is 1. The fraction of sp³-hybridized carbons (Fsp3) is 0.600. The lowest BCUT2D eigenvalue weighted by molar-refractivity contribution is 0.0849. The number of ether oxygens (including phenoxy) is 1. The molecule has 2 rings (SSSR count). The Morgan fingerprint density at radius 1 is 1.81 bits per heavy atom. The standard InChI is InChI=1S/C10H14BrN3O2/c1-14-9(8(11)6-13-14)10(15)12-5-7-3-2-4-16-7/h6-7H,2-5H2,1H3,(H,12,15). The van der Waals surface area contributed by atoms with Gasteiger partial charge in [-0.25, -0.2) is 0 Å². The highest BCUT2D eigenvalue weighted by Gasteiger charge is 2.19. The molecule has 1 amide bonds. The number of halogens is 1. The van der Waals surface area contributed by atoms with E-state index in [0.29, 0.717) is 16.7 Å². The first-order chi connectivity index (χ1) is 7.68. The van der Waals surface area contributed by atoms with Gasteiger partial charge in [-0.2, -0.15) is 5.10 Å². The van der Waals surface area contributed by atoms with Crippen molar-refractivity contribution in [2.45, 2.75) is 18.9 Å². The van der Waals surface area contributed by atoms with Crippen LogP contribution in [0.5, 0.6) is 0 Å². The summed E-state index contributed by atoms with van der Waals surface area (Å²) in [6.45, 7) is 1.37. The van der Waals surface area contributed by atoms with Crippen LogP contribution >= 0.6 is 15.9 Å². The molecule has 0 aromatic carbocycles. The van der Waals surface area contributed by atoms with Gasteiger partial charge >= 0.3 is 0 Å². The van der Waals surface area contributed by atoms with Crippen LogP contribution < -0.4 is 5.32 Å². The molecule has 1 saturated heterocycles. The van der Waals surface area contributed by atoms with E-state index in [0.717, 1.165) is 19.4 Å². The van der Waals surface area contributed by atoms with Crippen molar-refractivity contribution in [2.24, 2.45) is 7.05 Å². The van der Waals surface area contributed by atoms with E-state index in [2.05, 4.69) is 26.3 Å². The molecule has 5 nitrogen and oxygen atoms in total. The van der Waals surface area contributed by atoms with Gasteiger partial charge in [0, 0.05) is 20.2 Å². The number of aromatic nitrogens is 2. The number of nitrogens with zero attached hydrogens (tertiary/aromatic N) is 2. The Hall–Kier alpha value is -0.880. The van der Waals surface area contributed by atoms with Gasteiger partial charge in [-0.05, 0) is 28.8 Å². The highest BCUT2D eigenvalue weighted by molar-refractivity contribution is 9.10. The molecule has 1 atom stereocenters. The van der Waals surface area contributed by atoms with Crippen LogP contribution in [0.1, 0.15) is 23.3 Å². The summed E-state index contributed by atoms with van der Waals surface area (Å²) in [4.78, 5) is 11.8. The van der Waals surface area contributed by atoms with Crippen LogP contribution in [0.15, 0.2) is 10.7 Å². The number of amides is 1. The quantitative estimate of drug-likeness (QED) is 0.906. The van der Waals surface area contributed by atoms with Gasteiger partial charge in [0.25, 0.3) is 5.91 Å². The van der Waals surface area contributed by atoms with Crippen molar-refractivity contribution in [3.05, 3.63) is 16.4 Å². The van der Waals surface area contributed by atoms with Gasteiger partial charge in [-0.1, -0.05) is 0 Å². The van der Waals surface area contributed by atoms with E-state index in [1.807, 2.05) is 0 Å². The van der Waals surface area contributed by atoms with E-state index in [1.165, 1.54) is 0 Å². The Morgan fingerprint density at radius 2 is 2.62 bits per heavy atom. The van der Waals surface area contributed by atoms with Crippen LogP contribution in [-0.4, -0.2) is 34.9 Å². The van der Waals surface area contributed by atoms with Crippen molar-refractivity contribution < 1.29 is 9.53 Å². The zero-order chi connectivity index (χ0) is 11.5. The Morgan fingerprint density at radius 3 is 3.19 bits per heavy atom. The van der Waals surface area contributed by atoms with Crippen molar-refractivity contribution in [3.63, 3.8) is 0 Å². The third-order valence-electron chi connectivity index (χ3n) is 2.62. The number of nitrogens with one attached hydrogen (secondary N) is 1. The van der Waals surface area contributed by atoms with Crippen LogP contribution in [-0.2, 0) is 11.8 Å². The van der Waals surface area contributed by atoms with E-state index in [1.54, 1.807) is 17.9 Å². The van der Waals surface area contributed by atoms with Crippen molar-refractivity contribution in [2.75, 3.05) is 13.2 Å². The first-order valence-corrected chi connectivity index (χ1v) is 6.05. The zero-order valence-electron chi connectivity index (χ0n) is 9.07. The maximum absolute atomic E-state index is 11.8. The molecule has 0 aliphatic carbocycles. The number of carbonyl (C=O) groups is 1. The summed E-state index contributed by atoms with van der Waals surface area (Å²) in [5.41, 5.74) is 0.540.